The van der Waals surface area contributed by atoms with Gasteiger partial charge in [-0.15, -0.1) is 0 Å². The second-order valence-corrected chi connectivity index (χ2v) is 11.6. The van der Waals surface area contributed by atoms with E-state index in [4.69, 9.17) is 4.42 Å². The first kappa shape index (κ1) is 30.7. The molecule has 2 aromatic carbocycles. The summed E-state index contributed by atoms with van der Waals surface area (Å²) in [7, 11) is 0. The maximum Gasteiger partial charge on any atom is 0.416 e. The van der Waals surface area contributed by atoms with Crippen LogP contribution in [0.15, 0.2) is 59.1 Å². The summed E-state index contributed by atoms with van der Waals surface area (Å²) in [5, 5.41) is 14.8. The third-order valence-corrected chi connectivity index (χ3v) is 8.01. The number of oxazole rings is 1. The maximum atomic E-state index is 12.9. The number of rotatable bonds is 8. The zero-order valence-electron chi connectivity index (χ0n) is 24.4. The molecule has 0 aliphatic heterocycles. The molecule has 2 amide bonds. The second-order valence-electron chi connectivity index (χ2n) is 11.6. The van der Waals surface area contributed by atoms with Crippen molar-refractivity contribution in [1.29, 1.82) is 5.26 Å². The lowest BCUT2D eigenvalue weighted by Gasteiger charge is -2.28. The second kappa shape index (κ2) is 12.9. The number of anilines is 1. The van der Waals surface area contributed by atoms with E-state index >= 15 is 0 Å². The number of carbonyl (C=O) groups is 2. The molecule has 1 aliphatic rings. The van der Waals surface area contributed by atoms with Gasteiger partial charge >= 0.3 is 6.18 Å². The number of aromatic nitrogens is 2. The highest BCUT2D eigenvalue weighted by atomic mass is 19.4. The van der Waals surface area contributed by atoms with Crippen LogP contribution in [-0.4, -0.2) is 28.3 Å². The molecule has 4 aromatic rings. The van der Waals surface area contributed by atoms with Crippen molar-refractivity contribution in [3.63, 3.8) is 0 Å². The fourth-order valence-corrected chi connectivity index (χ4v) is 5.55. The fraction of sp³-hybridized carbons (Fsp3) is 0.364. The fourth-order valence-electron chi connectivity index (χ4n) is 5.55. The standard InChI is InChI=1S/C33H32F3N5O3/c1-19(2)26-13-22(17-37)14-27-30(26)44-32(40-27)24-9-7-23(8-10-24)31(43)39-18-21-5-3-20(4-6-21)15-29(42)41-28-16-25(11-12-38-28)33(34,35)36/h7-14,16,19-21H,3-6,15,18H2,1-2H3,(H,39,43)(H,38,41,42). The number of hydrogen-bond donors (Lipinski definition) is 2. The average Bonchev–Trinajstić information content (AvgIpc) is 3.44. The van der Waals surface area contributed by atoms with Crippen molar-refractivity contribution in [2.45, 2.75) is 58.0 Å². The predicted octanol–water partition coefficient (Wildman–Crippen LogP) is 7.47. The van der Waals surface area contributed by atoms with Crippen LogP contribution in [0.2, 0.25) is 0 Å². The number of pyridine rings is 1. The van der Waals surface area contributed by atoms with Gasteiger partial charge in [-0.3, -0.25) is 9.59 Å². The highest BCUT2D eigenvalue weighted by molar-refractivity contribution is 5.94. The van der Waals surface area contributed by atoms with E-state index in [1.807, 2.05) is 19.9 Å². The quantitative estimate of drug-likeness (QED) is 0.216. The third kappa shape index (κ3) is 7.25. The summed E-state index contributed by atoms with van der Waals surface area (Å²) < 4.78 is 44.8. The Morgan fingerprint density at radius 1 is 1.05 bits per heavy atom. The molecule has 1 saturated carbocycles. The van der Waals surface area contributed by atoms with Crippen molar-refractivity contribution >= 4 is 28.7 Å². The van der Waals surface area contributed by atoms with Gasteiger partial charge in [-0.05, 0) is 92.0 Å². The van der Waals surface area contributed by atoms with Crippen LogP contribution in [0.4, 0.5) is 19.0 Å². The van der Waals surface area contributed by atoms with E-state index in [-0.39, 0.29) is 41.8 Å². The van der Waals surface area contributed by atoms with Crippen LogP contribution >= 0.6 is 0 Å². The minimum absolute atomic E-state index is 0.113. The van der Waals surface area contributed by atoms with Crippen LogP contribution in [0.1, 0.15) is 78.9 Å². The van der Waals surface area contributed by atoms with Crippen LogP contribution < -0.4 is 10.6 Å². The zero-order chi connectivity index (χ0) is 31.4. The normalized spacial score (nSPS) is 16.9. The minimum atomic E-state index is -4.50. The summed E-state index contributed by atoms with van der Waals surface area (Å²) >= 11 is 0. The smallest absolute Gasteiger partial charge is 0.416 e. The molecule has 0 bridgehead atoms. The molecule has 0 atom stereocenters. The minimum Gasteiger partial charge on any atom is -0.436 e. The zero-order valence-corrected chi connectivity index (χ0v) is 24.4. The maximum absolute atomic E-state index is 12.9. The molecule has 2 N–H and O–H groups in total. The molecular formula is C33H32F3N5O3. The van der Waals surface area contributed by atoms with Gasteiger partial charge in [0.15, 0.2) is 5.58 Å². The molecule has 228 valence electrons. The molecule has 2 aromatic heterocycles. The summed E-state index contributed by atoms with van der Waals surface area (Å²) in [5.41, 5.74) is 3.08. The largest absolute Gasteiger partial charge is 0.436 e. The van der Waals surface area contributed by atoms with Crippen LogP contribution in [0.25, 0.3) is 22.6 Å². The van der Waals surface area contributed by atoms with Gasteiger partial charge in [0.2, 0.25) is 11.8 Å². The van der Waals surface area contributed by atoms with Crippen molar-refractivity contribution in [2.75, 3.05) is 11.9 Å². The van der Waals surface area contributed by atoms with Gasteiger partial charge in [0.1, 0.15) is 11.3 Å². The van der Waals surface area contributed by atoms with E-state index in [0.717, 1.165) is 55.1 Å². The molecule has 0 saturated heterocycles. The van der Waals surface area contributed by atoms with Gasteiger partial charge in [0.25, 0.3) is 5.91 Å². The first-order chi connectivity index (χ1) is 21.0. The van der Waals surface area contributed by atoms with Gasteiger partial charge in [0, 0.05) is 35.9 Å². The Hall–Kier alpha value is -4.72. The number of nitriles is 1. The van der Waals surface area contributed by atoms with Crippen molar-refractivity contribution in [3.05, 3.63) is 77.0 Å². The average molecular weight is 604 g/mol. The molecule has 8 nitrogen and oxygen atoms in total. The van der Waals surface area contributed by atoms with Gasteiger partial charge in [-0.1, -0.05) is 13.8 Å². The van der Waals surface area contributed by atoms with Crippen molar-refractivity contribution in [2.24, 2.45) is 11.8 Å². The number of benzene rings is 2. The molecule has 1 aliphatic carbocycles. The molecule has 1 fully saturated rings. The van der Waals surface area contributed by atoms with E-state index in [1.54, 1.807) is 30.3 Å². The molecule has 2 heterocycles. The monoisotopic (exact) mass is 603 g/mol. The Labute approximate surface area is 252 Å². The number of nitrogens with one attached hydrogen (secondary N) is 2. The number of carbonyl (C=O) groups excluding carboxylic acids is 2. The predicted molar refractivity (Wildman–Crippen MR) is 159 cm³/mol. The number of hydrogen-bond acceptors (Lipinski definition) is 6. The Morgan fingerprint density at radius 2 is 1.75 bits per heavy atom. The summed E-state index contributed by atoms with van der Waals surface area (Å²) in [5.74, 6) is 0.305. The Bertz CT molecular complexity index is 1700. The Kier molecular flexibility index (Phi) is 8.99. The highest BCUT2D eigenvalue weighted by Gasteiger charge is 2.31. The van der Waals surface area contributed by atoms with Gasteiger partial charge < -0.3 is 15.1 Å². The van der Waals surface area contributed by atoms with E-state index in [2.05, 4.69) is 26.7 Å². The van der Waals surface area contributed by atoms with Crippen molar-refractivity contribution in [1.82, 2.24) is 15.3 Å². The van der Waals surface area contributed by atoms with Crippen molar-refractivity contribution in [3.8, 4) is 17.5 Å². The topological polar surface area (TPSA) is 121 Å². The molecular weight excluding hydrogens is 571 g/mol. The number of alkyl halides is 3. The molecule has 11 heteroatoms. The Balaban J connectivity index is 1.10. The summed E-state index contributed by atoms with van der Waals surface area (Å²) in [6.45, 7) is 4.57. The summed E-state index contributed by atoms with van der Waals surface area (Å²) in [6.07, 6.45) is -0.0174. The van der Waals surface area contributed by atoms with Gasteiger partial charge in [-0.25, -0.2) is 9.97 Å². The molecule has 5 rings (SSSR count). The molecule has 0 radical (unpaired) electrons. The molecule has 0 spiro atoms. The lowest BCUT2D eigenvalue weighted by molar-refractivity contribution is -0.137. The van der Waals surface area contributed by atoms with Crippen LogP contribution in [0.5, 0.6) is 0 Å². The summed E-state index contributed by atoms with van der Waals surface area (Å²) in [6, 6.07) is 14.4. The van der Waals surface area contributed by atoms with Crippen LogP contribution in [0.3, 0.4) is 0 Å². The van der Waals surface area contributed by atoms with E-state index < -0.39 is 11.7 Å². The first-order valence-electron chi connectivity index (χ1n) is 14.6. The third-order valence-electron chi connectivity index (χ3n) is 8.01. The number of halogens is 3. The van der Waals surface area contributed by atoms with Crippen molar-refractivity contribution < 1.29 is 27.2 Å². The lowest BCUT2D eigenvalue weighted by atomic mass is 9.80. The van der Waals surface area contributed by atoms with E-state index in [0.29, 0.717) is 34.7 Å². The van der Waals surface area contributed by atoms with E-state index in [1.165, 1.54) is 0 Å². The molecule has 44 heavy (non-hydrogen) atoms. The SMILES string of the molecule is CC(C)c1cc(C#N)cc2nc(-c3ccc(C(=O)NCC4CCC(CC(=O)Nc5cc(C(F)(F)F)ccn5)CC4)cc3)oc12. The number of fused-ring (bicyclic) bond motifs is 1. The highest BCUT2D eigenvalue weighted by Crippen LogP contribution is 2.33. The van der Waals surface area contributed by atoms with Crippen LogP contribution in [-0.2, 0) is 11.0 Å². The lowest BCUT2D eigenvalue weighted by Crippen LogP contribution is -2.31. The molecule has 0 unspecified atom stereocenters. The van der Waals surface area contributed by atoms with Gasteiger partial charge in [0.05, 0.1) is 17.2 Å². The van der Waals surface area contributed by atoms with Crippen LogP contribution in [0, 0.1) is 23.2 Å². The summed E-state index contributed by atoms with van der Waals surface area (Å²) in [4.78, 5) is 33.6. The van der Waals surface area contributed by atoms with Gasteiger partial charge in [-0.2, -0.15) is 18.4 Å². The number of amides is 2. The Morgan fingerprint density at radius 3 is 2.41 bits per heavy atom. The first-order valence-corrected chi connectivity index (χ1v) is 14.6. The van der Waals surface area contributed by atoms with E-state index in [9.17, 15) is 28.0 Å². The number of nitrogens with zero attached hydrogens (tertiary/aromatic N) is 3.